The summed E-state index contributed by atoms with van der Waals surface area (Å²) in [5.41, 5.74) is 0.351. The van der Waals surface area contributed by atoms with Crippen molar-refractivity contribution in [2.24, 2.45) is 0 Å². The molecule has 4 heterocycles. The smallest absolute Gasteiger partial charge is 0.348 e. The van der Waals surface area contributed by atoms with Gasteiger partial charge in [0.05, 0.1) is 0 Å². The molecule has 2 aromatic rings. The lowest BCUT2D eigenvalue weighted by molar-refractivity contribution is 0.188. The van der Waals surface area contributed by atoms with Crippen LogP contribution < -0.4 is 11.0 Å². The van der Waals surface area contributed by atoms with Gasteiger partial charge in [0.25, 0.3) is 0 Å². The van der Waals surface area contributed by atoms with E-state index in [9.17, 15) is 4.79 Å². The van der Waals surface area contributed by atoms with Crippen molar-refractivity contribution in [2.45, 2.75) is 37.8 Å². The van der Waals surface area contributed by atoms with E-state index in [1.54, 1.807) is 0 Å². The van der Waals surface area contributed by atoms with Crippen LogP contribution in [0, 0.1) is 0 Å². The summed E-state index contributed by atoms with van der Waals surface area (Å²) in [5.74, 6) is 0.799. The average Bonchev–Trinajstić information content (AvgIpc) is 3.05. The third kappa shape index (κ3) is 1.98. The number of rotatable bonds is 2. The van der Waals surface area contributed by atoms with Crippen LogP contribution in [0.15, 0.2) is 17.2 Å². The fraction of sp³-hybridized carbons (Fsp3) is 0.615. The van der Waals surface area contributed by atoms with Crippen molar-refractivity contribution in [1.82, 2.24) is 24.5 Å². The molecule has 0 amide bonds. The van der Waals surface area contributed by atoms with Crippen LogP contribution in [0.3, 0.4) is 0 Å². The number of aromatic amines is 1. The summed E-state index contributed by atoms with van der Waals surface area (Å²) in [7, 11) is 0. The molecule has 0 radical (unpaired) electrons. The third-order valence-corrected chi connectivity index (χ3v) is 4.48. The minimum atomic E-state index is -0.252. The number of nitrogens with one attached hydrogen (secondary N) is 2. The van der Waals surface area contributed by atoms with E-state index in [1.165, 1.54) is 43.1 Å². The number of nitrogens with zero attached hydrogens (tertiary/aromatic N) is 4. The zero-order chi connectivity index (χ0) is 13.5. The molecule has 0 saturated carbocycles. The fourth-order valence-electron chi connectivity index (χ4n) is 3.45. The van der Waals surface area contributed by atoms with Crippen LogP contribution in [0.5, 0.6) is 0 Å². The Morgan fingerprint density at radius 2 is 2.30 bits per heavy atom. The van der Waals surface area contributed by atoms with Gasteiger partial charge in [-0.3, -0.25) is 0 Å². The van der Waals surface area contributed by atoms with E-state index >= 15 is 0 Å². The molecule has 7 nitrogen and oxygen atoms in total. The lowest BCUT2D eigenvalue weighted by Gasteiger charge is -2.35. The van der Waals surface area contributed by atoms with Crippen LogP contribution in [0.2, 0.25) is 0 Å². The molecule has 2 unspecified atom stereocenters. The van der Waals surface area contributed by atoms with Crippen molar-refractivity contribution in [3.63, 3.8) is 0 Å². The van der Waals surface area contributed by atoms with Crippen LogP contribution in [-0.4, -0.2) is 49.7 Å². The summed E-state index contributed by atoms with van der Waals surface area (Å²) in [6, 6.07) is 3.02. The van der Waals surface area contributed by atoms with E-state index in [4.69, 9.17) is 0 Å². The van der Waals surface area contributed by atoms with Gasteiger partial charge in [0.1, 0.15) is 12.1 Å². The summed E-state index contributed by atoms with van der Waals surface area (Å²) in [4.78, 5) is 18.3. The maximum absolute atomic E-state index is 11.4. The van der Waals surface area contributed by atoms with E-state index in [-0.39, 0.29) is 5.69 Å². The highest BCUT2D eigenvalue weighted by Crippen LogP contribution is 2.28. The number of piperidine rings is 1. The maximum atomic E-state index is 11.4. The molecule has 0 aromatic carbocycles. The molecule has 20 heavy (non-hydrogen) atoms. The summed E-state index contributed by atoms with van der Waals surface area (Å²) < 4.78 is 1.41. The lowest BCUT2D eigenvalue weighted by atomic mass is 9.97. The molecular formula is C13H18N6O. The molecule has 7 heteroatoms. The van der Waals surface area contributed by atoms with Crippen molar-refractivity contribution in [3.8, 4) is 0 Å². The molecule has 0 spiro atoms. The number of aromatic nitrogens is 4. The number of H-pyrrole nitrogens is 1. The van der Waals surface area contributed by atoms with Gasteiger partial charge in [0.2, 0.25) is 0 Å². The second-order valence-corrected chi connectivity index (χ2v) is 5.73. The number of anilines is 1. The predicted molar refractivity (Wildman–Crippen MR) is 74.8 cm³/mol. The Morgan fingerprint density at radius 1 is 1.35 bits per heavy atom. The van der Waals surface area contributed by atoms with Gasteiger partial charge in [-0.1, -0.05) is 0 Å². The van der Waals surface area contributed by atoms with Gasteiger partial charge in [0.15, 0.2) is 5.65 Å². The zero-order valence-electron chi connectivity index (χ0n) is 11.2. The molecule has 0 aliphatic carbocycles. The molecule has 2 N–H and O–H groups in total. The normalized spacial score (nSPS) is 26.8. The monoisotopic (exact) mass is 274 g/mol. The standard InChI is InChI=1S/C13H18N6O/c20-13-17-16-12-7-11(14-8-19(12)13)15-9-3-5-18-4-1-2-10(18)6-9/h7-10,15H,1-6H2,(H,17,20). The first-order chi connectivity index (χ1) is 9.79. The molecule has 4 rings (SSSR count). The van der Waals surface area contributed by atoms with Gasteiger partial charge in [-0.25, -0.2) is 19.3 Å². The first kappa shape index (κ1) is 11.9. The molecule has 106 valence electrons. The molecule has 2 saturated heterocycles. The van der Waals surface area contributed by atoms with E-state index in [1.807, 2.05) is 6.07 Å². The molecule has 2 aromatic heterocycles. The third-order valence-electron chi connectivity index (χ3n) is 4.48. The van der Waals surface area contributed by atoms with Gasteiger partial charge >= 0.3 is 5.69 Å². The van der Waals surface area contributed by atoms with Crippen LogP contribution in [-0.2, 0) is 0 Å². The highest BCUT2D eigenvalue weighted by molar-refractivity contribution is 5.48. The Balaban J connectivity index is 1.51. The van der Waals surface area contributed by atoms with E-state index in [0.717, 1.165) is 18.3 Å². The lowest BCUT2D eigenvalue weighted by Crippen LogP contribution is -2.42. The number of fused-ring (bicyclic) bond motifs is 2. The van der Waals surface area contributed by atoms with Crippen LogP contribution in [0.25, 0.3) is 5.65 Å². The maximum Gasteiger partial charge on any atom is 0.348 e. The molecule has 0 bridgehead atoms. The molecule has 2 aliphatic rings. The Morgan fingerprint density at radius 3 is 3.25 bits per heavy atom. The van der Waals surface area contributed by atoms with Crippen LogP contribution in [0.1, 0.15) is 25.7 Å². The molecule has 2 aliphatic heterocycles. The summed E-state index contributed by atoms with van der Waals surface area (Å²) in [6.45, 7) is 2.43. The molecule has 2 atom stereocenters. The van der Waals surface area contributed by atoms with Crippen LogP contribution in [0.4, 0.5) is 5.82 Å². The molecular weight excluding hydrogens is 256 g/mol. The van der Waals surface area contributed by atoms with Crippen molar-refractivity contribution in [2.75, 3.05) is 18.4 Å². The van der Waals surface area contributed by atoms with Gasteiger partial charge in [-0.2, -0.15) is 5.10 Å². The van der Waals surface area contributed by atoms with Crippen molar-refractivity contribution < 1.29 is 0 Å². The highest BCUT2D eigenvalue weighted by atomic mass is 16.1. The van der Waals surface area contributed by atoms with Crippen LogP contribution >= 0.6 is 0 Å². The second-order valence-electron chi connectivity index (χ2n) is 5.73. The van der Waals surface area contributed by atoms with Crippen molar-refractivity contribution >= 4 is 11.5 Å². The SMILES string of the molecule is O=c1[nH]nc2cc(NC3CCN4CCCC4C3)ncn12. The van der Waals surface area contributed by atoms with E-state index < -0.39 is 0 Å². The van der Waals surface area contributed by atoms with Crippen molar-refractivity contribution in [1.29, 1.82) is 0 Å². The minimum absolute atomic E-state index is 0.252. The van der Waals surface area contributed by atoms with E-state index in [0.29, 0.717) is 11.7 Å². The van der Waals surface area contributed by atoms with Gasteiger partial charge in [-0.05, 0) is 32.2 Å². The largest absolute Gasteiger partial charge is 0.367 e. The quantitative estimate of drug-likeness (QED) is 0.831. The Labute approximate surface area is 116 Å². The average molecular weight is 274 g/mol. The van der Waals surface area contributed by atoms with Gasteiger partial charge in [0, 0.05) is 24.7 Å². The summed E-state index contributed by atoms with van der Waals surface area (Å²) in [5, 5.41) is 9.87. The highest BCUT2D eigenvalue weighted by Gasteiger charge is 2.31. The first-order valence-corrected chi connectivity index (χ1v) is 7.23. The zero-order valence-corrected chi connectivity index (χ0v) is 11.2. The Bertz CT molecular complexity index is 677. The number of hydrogen-bond acceptors (Lipinski definition) is 5. The molecule has 2 fully saturated rings. The second kappa shape index (κ2) is 4.59. The predicted octanol–water partition coefficient (Wildman–Crippen LogP) is 0.456. The summed E-state index contributed by atoms with van der Waals surface area (Å²) in [6.07, 6.45) is 6.50. The fourth-order valence-corrected chi connectivity index (χ4v) is 3.45. The van der Waals surface area contributed by atoms with E-state index in [2.05, 4.69) is 25.4 Å². The Kier molecular flexibility index (Phi) is 2.73. The number of hydrogen-bond donors (Lipinski definition) is 2. The topological polar surface area (TPSA) is 78.3 Å². The Hall–Kier alpha value is -1.89. The van der Waals surface area contributed by atoms with Gasteiger partial charge < -0.3 is 10.2 Å². The summed E-state index contributed by atoms with van der Waals surface area (Å²) >= 11 is 0. The van der Waals surface area contributed by atoms with Crippen molar-refractivity contribution in [3.05, 3.63) is 22.9 Å². The van der Waals surface area contributed by atoms with Gasteiger partial charge in [-0.15, -0.1) is 0 Å². The minimum Gasteiger partial charge on any atom is -0.367 e. The first-order valence-electron chi connectivity index (χ1n) is 7.23.